The molecule has 0 aromatic heterocycles. The smallest absolute Gasteiger partial charge is 0.251 e. The first-order chi connectivity index (χ1) is 4.18. The van der Waals surface area contributed by atoms with Crippen molar-refractivity contribution < 1.29 is 9.90 Å². The van der Waals surface area contributed by atoms with E-state index in [1.165, 1.54) is 0 Å². The van der Waals surface area contributed by atoms with Crippen LogP contribution in [0.15, 0.2) is 12.0 Å². The molecule has 0 radical (unpaired) electrons. The van der Waals surface area contributed by atoms with Crippen LogP contribution in [0.3, 0.4) is 0 Å². The van der Waals surface area contributed by atoms with Crippen LogP contribution in [0.2, 0.25) is 0 Å². The minimum Gasteiger partial charge on any atom is -0.495 e. The Balaban J connectivity index is 2.67. The summed E-state index contributed by atoms with van der Waals surface area (Å²) in [6.45, 7) is 0. The van der Waals surface area contributed by atoms with Gasteiger partial charge in [0.05, 0.1) is 6.08 Å². The van der Waals surface area contributed by atoms with Crippen molar-refractivity contribution in [2.45, 2.75) is 5.50 Å². The molecule has 50 valence electrons. The van der Waals surface area contributed by atoms with Gasteiger partial charge in [0.25, 0.3) is 5.91 Å². The number of aliphatic hydroxyl groups is 1. The van der Waals surface area contributed by atoms with Gasteiger partial charge in [0.15, 0.2) is 5.88 Å². The van der Waals surface area contributed by atoms with Crippen molar-refractivity contribution in [1.29, 1.82) is 0 Å². The number of hydrogen-bond donors (Lipinski definition) is 4. The molecule has 0 spiro atoms. The summed E-state index contributed by atoms with van der Waals surface area (Å²) in [5, 5.41) is 13.5. The Morgan fingerprint density at radius 2 is 2.33 bits per heavy atom. The van der Waals surface area contributed by atoms with Crippen LogP contribution in [-0.4, -0.2) is 16.5 Å². The van der Waals surface area contributed by atoms with Gasteiger partial charge in [-0.15, -0.1) is 12.6 Å². The zero-order chi connectivity index (χ0) is 6.85. The van der Waals surface area contributed by atoms with Crippen LogP contribution in [0.5, 0.6) is 0 Å². The van der Waals surface area contributed by atoms with Gasteiger partial charge in [0, 0.05) is 0 Å². The second-order valence-corrected chi connectivity index (χ2v) is 2.10. The second-order valence-electron chi connectivity index (χ2n) is 1.59. The van der Waals surface area contributed by atoms with E-state index in [-0.39, 0.29) is 11.8 Å². The van der Waals surface area contributed by atoms with Crippen molar-refractivity contribution in [2.75, 3.05) is 0 Å². The zero-order valence-corrected chi connectivity index (χ0v) is 5.35. The summed E-state index contributed by atoms with van der Waals surface area (Å²) in [4.78, 5) is 10.4. The van der Waals surface area contributed by atoms with E-state index in [9.17, 15) is 4.79 Å². The van der Waals surface area contributed by atoms with Gasteiger partial charge in [-0.25, -0.2) is 0 Å². The molecule has 1 unspecified atom stereocenters. The quantitative estimate of drug-likeness (QED) is 0.342. The predicted octanol–water partition coefficient (Wildman–Crippen LogP) is -0.681. The first kappa shape index (κ1) is 6.28. The average molecular weight is 146 g/mol. The lowest BCUT2D eigenvalue weighted by molar-refractivity contribution is -0.117. The highest BCUT2D eigenvalue weighted by Gasteiger charge is 2.12. The Hall–Kier alpha value is -0.840. The molecular weight excluding hydrogens is 140 g/mol. The summed E-state index contributed by atoms with van der Waals surface area (Å²) in [6, 6.07) is 0. The summed E-state index contributed by atoms with van der Waals surface area (Å²) in [5.41, 5.74) is -0.484. The molecule has 5 heteroatoms. The van der Waals surface area contributed by atoms with Crippen LogP contribution >= 0.6 is 12.6 Å². The fourth-order valence-electron chi connectivity index (χ4n) is 0.518. The monoisotopic (exact) mass is 146 g/mol. The van der Waals surface area contributed by atoms with E-state index in [4.69, 9.17) is 5.11 Å². The first-order valence-electron chi connectivity index (χ1n) is 2.34. The van der Waals surface area contributed by atoms with Crippen LogP contribution in [0, 0.1) is 0 Å². The molecule has 1 rings (SSSR count). The van der Waals surface area contributed by atoms with E-state index >= 15 is 0 Å². The molecule has 9 heavy (non-hydrogen) atoms. The molecule has 1 atom stereocenters. The maximum absolute atomic E-state index is 10.4. The third kappa shape index (κ3) is 1.53. The lowest BCUT2D eigenvalue weighted by atomic mass is 10.5. The van der Waals surface area contributed by atoms with E-state index in [2.05, 4.69) is 23.3 Å². The summed E-state index contributed by atoms with van der Waals surface area (Å²) >= 11 is 3.84. The third-order valence-electron chi connectivity index (χ3n) is 0.831. The van der Waals surface area contributed by atoms with E-state index in [0.29, 0.717) is 0 Å². The number of hydrogen-bond acceptors (Lipinski definition) is 4. The highest BCUT2D eigenvalue weighted by Crippen LogP contribution is 1.95. The molecule has 1 heterocycles. The Kier molecular flexibility index (Phi) is 1.52. The molecule has 1 amide bonds. The van der Waals surface area contributed by atoms with Crippen molar-refractivity contribution in [1.82, 2.24) is 10.6 Å². The van der Waals surface area contributed by atoms with Crippen LogP contribution in [0.4, 0.5) is 0 Å². The summed E-state index contributed by atoms with van der Waals surface area (Å²) in [6.07, 6.45) is 1.05. The molecular formula is C4H6N2O2S. The van der Waals surface area contributed by atoms with Crippen molar-refractivity contribution >= 4 is 18.5 Å². The number of carbonyl (C=O) groups is 1. The first-order valence-corrected chi connectivity index (χ1v) is 2.86. The molecule has 0 aliphatic carbocycles. The lowest BCUT2D eigenvalue weighted by Gasteiger charge is -2.18. The van der Waals surface area contributed by atoms with Gasteiger partial charge < -0.3 is 15.7 Å². The molecule has 0 saturated heterocycles. The lowest BCUT2D eigenvalue weighted by Crippen LogP contribution is -2.44. The number of rotatable bonds is 0. The molecule has 0 aromatic rings. The number of carbonyl (C=O) groups excluding carboxylic acids is 1. The SMILES string of the molecule is O=C1C=C(O)NC(S)N1. The third-order valence-corrected chi connectivity index (χ3v) is 1.09. The molecule has 0 aromatic carbocycles. The van der Waals surface area contributed by atoms with Gasteiger partial charge >= 0.3 is 0 Å². The Morgan fingerprint density at radius 1 is 1.67 bits per heavy atom. The van der Waals surface area contributed by atoms with E-state index in [1.807, 2.05) is 0 Å². The van der Waals surface area contributed by atoms with Crippen LogP contribution in [-0.2, 0) is 4.79 Å². The number of amides is 1. The Bertz CT molecular complexity index is 168. The Morgan fingerprint density at radius 3 is 2.78 bits per heavy atom. The largest absolute Gasteiger partial charge is 0.495 e. The minimum absolute atomic E-state index is 0.154. The average Bonchev–Trinajstić information content (AvgIpc) is 1.59. The van der Waals surface area contributed by atoms with Crippen LogP contribution in [0.1, 0.15) is 0 Å². The zero-order valence-electron chi connectivity index (χ0n) is 4.46. The predicted molar refractivity (Wildman–Crippen MR) is 34.8 cm³/mol. The van der Waals surface area contributed by atoms with E-state index in [1.54, 1.807) is 0 Å². The van der Waals surface area contributed by atoms with Gasteiger partial charge in [0.2, 0.25) is 0 Å². The molecule has 1 aliphatic rings. The number of thiol groups is 1. The molecule has 0 fully saturated rings. The second kappa shape index (κ2) is 2.18. The van der Waals surface area contributed by atoms with Crippen molar-refractivity contribution in [2.24, 2.45) is 0 Å². The molecule has 0 saturated carbocycles. The van der Waals surface area contributed by atoms with Crippen molar-refractivity contribution in [3.05, 3.63) is 12.0 Å². The van der Waals surface area contributed by atoms with E-state index < -0.39 is 5.50 Å². The fourth-order valence-corrected chi connectivity index (χ4v) is 0.778. The molecule has 4 nitrogen and oxygen atoms in total. The minimum atomic E-state index is -0.484. The van der Waals surface area contributed by atoms with Gasteiger partial charge in [-0.2, -0.15) is 0 Å². The highest BCUT2D eigenvalue weighted by atomic mass is 32.1. The van der Waals surface area contributed by atoms with Crippen molar-refractivity contribution in [3.63, 3.8) is 0 Å². The van der Waals surface area contributed by atoms with Crippen LogP contribution < -0.4 is 10.6 Å². The van der Waals surface area contributed by atoms with E-state index in [0.717, 1.165) is 6.08 Å². The fraction of sp³-hybridized carbons (Fsp3) is 0.250. The van der Waals surface area contributed by atoms with Gasteiger partial charge in [-0.3, -0.25) is 4.79 Å². The summed E-state index contributed by atoms with van der Waals surface area (Å²) < 4.78 is 0. The number of nitrogens with one attached hydrogen (secondary N) is 2. The maximum atomic E-state index is 10.4. The molecule has 3 N–H and O–H groups in total. The van der Waals surface area contributed by atoms with Gasteiger partial charge in [0.1, 0.15) is 5.50 Å². The Labute approximate surface area is 57.3 Å². The molecule has 1 aliphatic heterocycles. The summed E-state index contributed by atoms with van der Waals surface area (Å²) in [7, 11) is 0. The summed E-state index contributed by atoms with van der Waals surface area (Å²) in [5.74, 6) is -0.495. The molecule has 0 bridgehead atoms. The maximum Gasteiger partial charge on any atom is 0.251 e. The van der Waals surface area contributed by atoms with Gasteiger partial charge in [-0.05, 0) is 0 Å². The number of aliphatic hydroxyl groups excluding tert-OH is 1. The van der Waals surface area contributed by atoms with Crippen LogP contribution in [0.25, 0.3) is 0 Å². The topological polar surface area (TPSA) is 61.4 Å². The van der Waals surface area contributed by atoms with Gasteiger partial charge in [-0.1, -0.05) is 0 Å². The highest BCUT2D eigenvalue weighted by molar-refractivity contribution is 7.80. The normalized spacial score (nSPS) is 26.1. The van der Waals surface area contributed by atoms with Crippen molar-refractivity contribution in [3.8, 4) is 0 Å². The standard InChI is InChI=1S/C4H6N2O2S/c7-2-1-3(8)6-4(9)5-2/h1,4-5,7,9H,(H,6,8).